The largest absolute Gasteiger partial charge is 0.339 e. The van der Waals surface area contributed by atoms with Crippen molar-refractivity contribution in [3.63, 3.8) is 0 Å². The van der Waals surface area contributed by atoms with Gasteiger partial charge in [-0.25, -0.2) is 4.98 Å². The first-order valence-electron chi connectivity index (χ1n) is 10.5. The molecule has 5 rings (SSSR count). The highest BCUT2D eigenvalue weighted by molar-refractivity contribution is 6.07. The van der Waals surface area contributed by atoms with Gasteiger partial charge in [0.2, 0.25) is 5.91 Å². The van der Waals surface area contributed by atoms with E-state index in [1.807, 2.05) is 60.2 Å². The van der Waals surface area contributed by atoms with Gasteiger partial charge < -0.3 is 9.80 Å². The minimum atomic E-state index is -0.0193. The van der Waals surface area contributed by atoms with Gasteiger partial charge in [0.25, 0.3) is 5.91 Å². The van der Waals surface area contributed by atoms with Crippen LogP contribution in [0.1, 0.15) is 28.9 Å². The van der Waals surface area contributed by atoms with E-state index in [0.717, 1.165) is 35.2 Å². The summed E-state index contributed by atoms with van der Waals surface area (Å²) in [6, 6.07) is 11.8. The zero-order valence-electron chi connectivity index (χ0n) is 17.3. The predicted octanol–water partition coefficient (Wildman–Crippen LogP) is 2.64. The van der Waals surface area contributed by atoms with Crippen LogP contribution in [0.4, 0.5) is 0 Å². The Kier molecular flexibility index (Phi) is 4.53. The summed E-state index contributed by atoms with van der Waals surface area (Å²) in [6.45, 7) is 4.23. The van der Waals surface area contributed by atoms with E-state index in [1.165, 1.54) is 0 Å². The molecule has 0 atom stereocenters. The molecule has 7 heteroatoms. The molecule has 1 aromatic carbocycles. The third kappa shape index (κ3) is 3.24. The van der Waals surface area contributed by atoms with Crippen molar-refractivity contribution < 1.29 is 9.59 Å². The van der Waals surface area contributed by atoms with Crippen molar-refractivity contribution in [2.24, 2.45) is 13.0 Å². The molecule has 1 saturated carbocycles. The number of aromatic nitrogens is 3. The lowest BCUT2D eigenvalue weighted by Crippen LogP contribution is -2.51. The quantitative estimate of drug-likeness (QED) is 0.674. The third-order valence-corrected chi connectivity index (χ3v) is 6.07. The molecule has 30 heavy (non-hydrogen) atoms. The highest BCUT2D eigenvalue weighted by Gasteiger charge is 2.35. The number of carbonyl (C=O) groups excluding carboxylic acids is 2. The summed E-state index contributed by atoms with van der Waals surface area (Å²) >= 11 is 0. The monoisotopic (exact) mass is 403 g/mol. The number of piperazine rings is 1. The molecule has 2 amide bonds. The maximum atomic E-state index is 13.5. The number of rotatable bonds is 3. The number of fused-ring (bicyclic) bond motifs is 1. The molecule has 0 bridgehead atoms. The predicted molar refractivity (Wildman–Crippen MR) is 114 cm³/mol. The number of hydrogen-bond donors (Lipinski definition) is 0. The van der Waals surface area contributed by atoms with Gasteiger partial charge in [-0.05, 0) is 25.8 Å². The topological polar surface area (TPSA) is 71.3 Å². The van der Waals surface area contributed by atoms with Crippen LogP contribution in [0.2, 0.25) is 0 Å². The molecule has 2 aliphatic rings. The number of benzene rings is 1. The standard InChI is InChI=1S/C23H25N5O2/c1-15-20-18(23(30)28-12-10-27(11-13-28)22(29)17-8-9-17)14-19(16-6-4-3-5-7-16)24-21(20)26(2)25-15/h3-7,14,17H,8-13H2,1-2H3. The first kappa shape index (κ1) is 18.8. The van der Waals surface area contributed by atoms with Crippen LogP contribution >= 0.6 is 0 Å². The van der Waals surface area contributed by atoms with Gasteiger partial charge in [0, 0.05) is 44.7 Å². The van der Waals surface area contributed by atoms with Crippen molar-refractivity contribution in [3.05, 3.63) is 47.7 Å². The third-order valence-electron chi connectivity index (χ3n) is 6.07. The summed E-state index contributed by atoms with van der Waals surface area (Å²) < 4.78 is 1.74. The van der Waals surface area contributed by atoms with E-state index in [0.29, 0.717) is 37.4 Å². The summed E-state index contributed by atoms with van der Waals surface area (Å²) in [4.78, 5) is 34.4. The fourth-order valence-electron chi connectivity index (χ4n) is 4.26. The fourth-order valence-corrected chi connectivity index (χ4v) is 4.26. The van der Waals surface area contributed by atoms with E-state index in [1.54, 1.807) is 4.68 Å². The van der Waals surface area contributed by atoms with Crippen molar-refractivity contribution in [2.45, 2.75) is 19.8 Å². The Morgan fingerprint density at radius 1 is 1.00 bits per heavy atom. The number of amides is 2. The molecular formula is C23H25N5O2. The van der Waals surface area contributed by atoms with Gasteiger partial charge in [-0.2, -0.15) is 5.10 Å². The summed E-state index contributed by atoms with van der Waals surface area (Å²) in [5.41, 5.74) is 3.86. The van der Waals surface area contributed by atoms with Gasteiger partial charge in [-0.15, -0.1) is 0 Å². The molecule has 1 aliphatic heterocycles. The van der Waals surface area contributed by atoms with E-state index >= 15 is 0 Å². The Morgan fingerprint density at radius 3 is 2.33 bits per heavy atom. The molecular weight excluding hydrogens is 378 g/mol. The molecule has 1 saturated heterocycles. The minimum absolute atomic E-state index is 0.0193. The molecule has 0 unspecified atom stereocenters. The van der Waals surface area contributed by atoms with Crippen molar-refractivity contribution in [3.8, 4) is 11.3 Å². The molecule has 2 aromatic heterocycles. The molecule has 154 valence electrons. The second kappa shape index (κ2) is 7.23. The number of carbonyl (C=O) groups is 2. The summed E-state index contributed by atoms with van der Waals surface area (Å²) in [5.74, 6) is 0.454. The Balaban J connectivity index is 1.48. The van der Waals surface area contributed by atoms with E-state index in [9.17, 15) is 9.59 Å². The summed E-state index contributed by atoms with van der Waals surface area (Å²) in [7, 11) is 1.85. The van der Waals surface area contributed by atoms with Gasteiger partial charge in [-0.1, -0.05) is 30.3 Å². The van der Waals surface area contributed by atoms with E-state index in [-0.39, 0.29) is 17.7 Å². The van der Waals surface area contributed by atoms with Crippen LogP contribution in [-0.2, 0) is 11.8 Å². The van der Waals surface area contributed by atoms with Crippen LogP contribution in [0.3, 0.4) is 0 Å². The van der Waals surface area contributed by atoms with E-state index in [4.69, 9.17) is 4.98 Å². The Bertz CT molecular complexity index is 1130. The Labute approximate surface area is 175 Å². The molecule has 1 aliphatic carbocycles. The number of pyridine rings is 1. The first-order chi connectivity index (χ1) is 14.5. The lowest BCUT2D eigenvalue weighted by atomic mass is 10.0. The van der Waals surface area contributed by atoms with Crippen LogP contribution < -0.4 is 0 Å². The summed E-state index contributed by atoms with van der Waals surface area (Å²) in [5, 5.41) is 5.31. The molecule has 3 heterocycles. The lowest BCUT2D eigenvalue weighted by molar-refractivity contribution is -0.134. The van der Waals surface area contributed by atoms with Crippen molar-refractivity contribution in [1.29, 1.82) is 0 Å². The van der Waals surface area contributed by atoms with Crippen molar-refractivity contribution in [2.75, 3.05) is 26.2 Å². The second-order valence-electron chi connectivity index (χ2n) is 8.22. The maximum absolute atomic E-state index is 13.5. The fraction of sp³-hybridized carbons (Fsp3) is 0.391. The first-order valence-corrected chi connectivity index (χ1v) is 10.5. The summed E-state index contributed by atoms with van der Waals surface area (Å²) in [6.07, 6.45) is 2.02. The molecule has 7 nitrogen and oxygen atoms in total. The SMILES string of the molecule is Cc1nn(C)c2nc(-c3ccccc3)cc(C(=O)N3CCN(C(=O)C4CC4)CC3)c12. The number of nitrogens with zero attached hydrogens (tertiary/aromatic N) is 5. The molecule has 0 radical (unpaired) electrons. The zero-order chi connectivity index (χ0) is 20.8. The van der Waals surface area contributed by atoms with Crippen LogP contribution in [0, 0.1) is 12.8 Å². The number of hydrogen-bond acceptors (Lipinski definition) is 4. The van der Waals surface area contributed by atoms with Crippen molar-refractivity contribution in [1.82, 2.24) is 24.6 Å². The van der Waals surface area contributed by atoms with Gasteiger partial charge in [0.05, 0.1) is 22.3 Å². The van der Waals surface area contributed by atoms with Gasteiger partial charge in [0.1, 0.15) is 0 Å². The van der Waals surface area contributed by atoms with E-state index in [2.05, 4.69) is 5.10 Å². The zero-order valence-corrected chi connectivity index (χ0v) is 17.3. The molecule has 3 aromatic rings. The lowest BCUT2D eigenvalue weighted by Gasteiger charge is -2.35. The van der Waals surface area contributed by atoms with Gasteiger partial charge >= 0.3 is 0 Å². The smallest absolute Gasteiger partial charge is 0.254 e. The van der Waals surface area contributed by atoms with Crippen LogP contribution in [-0.4, -0.2) is 62.6 Å². The maximum Gasteiger partial charge on any atom is 0.254 e. The highest BCUT2D eigenvalue weighted by atomic mass is 16.2. The highest BCUT2D eigenvalue weighted by Crippen LogP contribution is 2.32. The molecule has 0 spiro atoms. The number of aryl methyl sites for hydroxylation is 2. The molecule has 0 N–H and O–H groups in total. The van der Waals surface area contributed by atoms with Gasteiger partial charge in [-0.3, -0.25) is 14.3 Å². The Hall–Kier alpha value is -3.22. The van der Waals surface area contributed by atoms with Crippen molar-refractivity contribution >= 4 is 22.8 Å². The molecule has 2 fully saturated rings. The van der Waals surface area contributed by atoms with Crippen LogP contribution in [0.25, 0.3) is 22.3 Å². The van der Waals surface area contributed by atoms with Gasteiger partial charge in [0.15, 0.2) is 5.65 Å². The van der Waals surface area contributed by atoms with Crippen LogP contribution in [0.15, 0.2) is 36.4 Å². The second-order valence-corrected chi connectivity index (χ2v) is 8.22. The normalized spacial score (nSPS) is 16.9. The van der Waals surface area contributed by atoms with Crippen LogP contribution in [0.5, 0.6) is 0 Å². The van der Waals surface area contributed by atoms with E-state index < -0.39 is 0 Å². The Morgan fingerprint density at radius 2 is 1.67 bits per heavy atom. The average molecular weight is 403 g/mol. The minimum Gasteiger partial charge on any atom is -0.339 e. The average Bonchev–Trinajstić information content (AvgIpc) is 3.59.